The Labute approximate surface area is 117 Å². The van der Waals surface area contributed by atoms with Gasteiger partial charge in [-0.2, -0.15) is 22.5 Å². The van der Waals surface area contributed by atoms with Crippen LogP contribution in [0.5, 0.6) is 11.5 Å². The van der Waals surface area contributed by atoms with Crippen LogP contribution in [0.2, 0.25) is 0 Å². The number of anilines is 1. The number of methoxy groups -OCH3 is 1. The maximum absolute atomic E-state index is 13.4. The molecule has 0 saturated carbocycles. The fourth-order valence-electron chi connectivity index (χ4n) is 1.68. The van der Waals surface area contributed by atoms with Gasteiger partial charge in [-0.1, -0.05) is 6.07 Å². The summed E-state index contributed by atoms with van der Waals surface area (Å²) in [6, 6.07) is 4.23. The molecule has 0 spiro atoms. The van der Waals surface area contributed by atoms with Crippen molar-refractivity contribution in [3.63, 3.8) is 0 Å². The minimum Gasteiger partial charge on any atom is -0.504 e. The number of phenols is 1. The molecule has 2 N–H and O–H groups in total. The van der Waals surface area contributed by atoms with Gasteiger partial charge in [-0.25, -0.2) is 0 Å². The van der Waals surface area contributed by atoms with Crippen molar-refractivity contribution < 1.29 is 27.4 Å². The van der Waals surface area contributed by atoms with E-state index in [0.717, 1.165) is 0 Å². The Kier molecular flexibility index (Phi) is 4.15. The Balaban J connectivity index is 2.22. The van der Waals surface area contributed by atoms with E-state index in [9.17, 15) is 22.7 Å². The molecular formula is C13H10F4N2O2. The number of halogens is 4. The summed E-state index contributed by atoms with van der Waals surface area (Å²) in [7, 11) is 1.36. The quantitative estimate of drug-likeness (QED) is 0.673. The molecule has 0 aliphatic carbocycles. The van der Waals surface area contributed by atoms with Crippen LogP contribution in [0.25, 0.3) is 0 Å². The number of hydrogen-bond donors (Lipinski definition) is 2. The van der Waals surface area contributed by atoms with E-state index in [4.69, 9.17) is 4.74 Å². The Morgan fingerprint density at radius 1 is 1.14 bits per heavy atom. The van der Waals surface area contributed by atoms with Gasteiger partial charge in [-0.15, -0.1) is 0 Å². The molecule has 2 aromatic rings. The standard InChI is InChI=1S/C13H10F4N2O2/c1-21-8-3-2-6(4-7(8)20)5-18-11-9(14)12(16)19-13(17)10(11)15/h2-4,20H,5H2,1H3,(H,18,19). The van der Waals surface area contributed by atoms with Crippen LogP contribution < -0.4 is 10.1 Å². The Morgan fingerprint density at radius 2 is 1.76 bits per heavy atom. The molecule has 0 atom stereocenters. The van der Waals surface area contributed by atoms with Crippen molar-refractivity contribution in [1.29, 1.82) is 0 Å². The van der Waals surface area contributed by atoms with Gasteiger partial charge in [0, 0.05) is 6.54 Å². The van der Waals surface area contributed by atoms with E-state index < -0.39 is 29.2 Å². The van der Waals surface area contributed by atoms with Gasteiger partial charge < -0.3 is 15.2 Å². The Morgan fingerprint density at radius 3 is 2.29 bits per heavy atom. The fourth-order valence-corrected chi connectivity index (χ4v) is 1.68. The second kappa shape index (κ2) is 5.86. The van der Waals surface area contributed by atoms with Crippen LogP contribution in [-0.4, -0.2) is 17.2 Å². The van der Waals surface area contributed by atoms with Gasteiger partial charge in [-0.3, -0.25) is 0 Å². The Bertz CT molecular complexity index is 653. The summed E-state index contributed by atoms with van der Waals surface area (Å²) in [5.41, 5.74) is -0.542. The molecule has 1 aromatic carbocycles. The number of nitrogens with zero attached hydrogens (tertiary/aromatic N) is 1. The van der Waals surface area contributed by atoms with Gasteiger partial charge in [0.2, 0.25) is 11.6 Å². The molecule has 0 fully saturated rings. The van der Waals surface area contributed by atoms with E-state index in [2.05, 4.69) is 10.3 Å². The largest absolute Gasteiger partial charge is 0.504 e. The van der Waals surface area contributed by atoms with Gasteiger partial charge in [-0.05, 0) is 17.7 Å². The first-order valence-electron chi connectivity index (χ1n) is 5.73. The summed E-state index contributed by atoms with van der Waals surface area (Å²) in [4.78, 5) is 2.45. The molecule has 0 bridgehead atoms. The number of benzene rings is 1. The molecule has 0 aliphatic heterocycles. The van der Waals surface area contributed by atoms with Crippen molar-refractivity contribution >= 4 is 5.69 Å². The van der Waals surface area contributed by atoms with Crippen molar-refractivity contribution in [3.05, 3.63) is 47.3 Å². The minimum absolute atomic E-state index is 0.172. The number of nitrogens with one attached hydrogen (secondary N) is 1. The van der Waals surface area contributed by atoms with Crippen molar-refractivity contribution in [2.24, 2.45) is 0 Å². The Hall–Kier alpha value is -2.51. The molecule has 4 nitrogen and oxygen atoms in total. The molecular weight excluding hydrogens is 292 g/mol. The summed E-state index contributed by atoms with van der Waals surface area (Å²) in [5.74, 6) is -6.68. The average molecular weight is 302 g/mol. The number of pyridine rings is 1. The topological polar surface area (TPSA) is 54.4 Å². The van der Waals surface area contributed by atoms with Crippen molar-refractivity contribution in [1.82, 2.24) is 4.98 Å². The molecule has 0 saturated heterocycles. The van der Waals surface area contributed by atoms with Crippen LogP contribution in [-0.2, 0) is 6.54 Å². The zero-order valence-corrected chi connectivity index (χ0v) is 10.8. The highest BCUT2D eigenvalue weighted by molar-refractivity contribution is 5.47. The molecule has 112 valence electrons. The number of hydrogen-bond acceptors (Lipinski definition) is 4. The molecule has 1 aromatic heterocycles. The molecule has 0 aliphatic rings. The van der Waals surface area contributed by atoms with Crippen LogP contribution in [0.1, 0.15) is 5.56 Å². The first kappa shape index (κ1) is 14.9. The molecule has 0 unspecified atom stereocenters. The third-order valence-corrected chi connectivity index (χ3v) is 2.71. The SMILES string of the molecule is COc1ccc(CNc2c(F)c(F)nc(F)c2F)cc1O. The van der Waals surface area contributed by atoms with Crippen molar-refractivity contribution in [2.45, 2.75) is 6.54 Å². The van der Waals surface area contributed by atoms with E-state index in [-0.39, 0.29) is 18.0 Å². The summed E-state index contributed by atoms with van der Waals surface area (Å²) in [6.45, 7) is -0.172. The molecule has 0 amide bonds. The second-order valence-electron chi connectivity index (χ2n) is 4.06. The van der Waals surface area contributed by atoms with Gasteiger partial charge in [0.1, 0.15) is 5.69 Å². The van der Waals surface area contributed by atoms with E-state index in [0.29, 0.717) is 5.56 Å². The zero-order valence-electron chi connectivity index (χ0n) is 10.8. The minimum atomic E-state index is -1.74. The average Bonchev–Trinajstić information content (AvgIpc) is 2.45. The smallest absolute Gasteiger partial charge is 0.253 e. The van der Waals surface area contributed by atoms with E-state index >= 15 is 0 Å². The van der Waals surface area contributed by atoms with Crippen molar-refractivity contribution in [3.8, 4) is 11.5 Å². The third kappa shape index (κ3) is 2.99. The molecule has 2 rings (SSSR count). The first-order chi connectivity index (χ1) is 9.93. The highest BCUT2D eigenvalue weighted by Gasteiger charge is 2.20. The van der Waals surface area contributed by atoms with Crippen LogP contribution in [0, 0.1) is 23.5 Å². The molecule has 8 heteroatoms. The lowest BCUT2D eigenvalue weighted by atomic mass is 10.2. The van der Waals surface area contributed by atoms with Crippen LogP contribution in [0.4, 0.5) is 23.2 Å². The predicted octanol–water partition coefficient (Wildman–Crippen LogP) is 2.96. The maximum atomic E-state index is 13.4. The molecule has 21 heavy (non-hydrogen) atoms. The lowest BCUT2D eigenvalue weighted by Crippen LogP contribution is -2.09. The van der Waals surface area contributed by atoms with E-state index in [1.54, 1.807) is 0 Å². The monoisotopic (exact) mass is 302 g/mol. The second-order valence-corrected chi connectivity index (χ2v) is 4.06. The van der Waals surface area contributed by atoms with Crippen LogP contribution >= 0.6 is 0 Å². The molecule has 1 heterocycles. The number of ether oxygens (including phenoxy) is 1. The first-order valence-corrected chi connectivity index (χ1v) is 5.73. The third-order valence-electron chi connectivity index (χ3n) is 2.71. The van der Waals surface area contributed by atoms with Gasteiger partial charge in [0.25, 0.3) is 11.9 Å². The maximum Gasteiger partial charge on any atom is 0.253 e. The number of rotatable bonds is 4. The highest BCUT2D eigenvalue weighted by Crippen LogP contribution is 2.27. The van der Waals surface area contributed by atoms with Crippen molar-refractivity contribution in [2.75, 3.05) is 12.4 Å². The lowest BCUT2D eigenvalue weighted by molar-refractivity contribution is 0.373. The zero-order chi connectivity index (χ0) is 15.6. The van der Waals surface area contributed by atoms with Gasteiger partial charge >= 0.3 is 0 Å². The van der Waals surface area contributed by atoms with Gasteiger partial charge in [0.15, 0.2) is 11.5 Å². The van der Waals surface area contributed by atoms with Gasteiger partial charge in [0.05, 0.1) is 7.11 Å². The summed E-state index contributed by atoms with van der Waals surface area (Å²) >= 11 is 0. The predicted molar refractivity (Wildman–Crippen MR) is 66.1 cm³/mol. The number of phenolic OH excluding ortho intramolecular Hbond substituents is 1. The number of aromatic hydroxyl groups is 1. The lowest BCUT2D eigenvalue weighted by Gasteiger charge is -2.10. The normalized spacial score (nSPS) is 10.5. The summed E-state index contributed by atoms with van der Waals surface area (Å²) < 4.78 is 57.4. The summed E-state index contributed by atoms with van der Waals surface area (Å²) in [5, 5.41) is 11.8. The van der Waals surface area contributed by atoms with Crippen LogP contribution in [0.3, 0.4) is 0 Å². The van der Waals surface area contributed by atoms with E-state index in [1.807, 2.05) is 0 Å². The van der Waals surface area contributed by atoms with E-state index in [1.165, 1.54) is 25.3 Å². The summed E-state index contributed by atoms with van der Waals surface area (Å²) in [6.07, 6.45) is 0. The fraction of sp³-hybridized carbons (Fsp3) is 0.154. The number of aromatic nitrogens is 1. The van der Waals surface area contributed by atoms with Crippen LogP contribution in [0.15, 0.2) is 18.2 Å². The highest BCUT2D eigenvalue weighted by atomic mass is 19.2. The molecule has 0 radical (unpaired) electrons.